The van der Waals surface area contributed by atoms with E-state index in [0.29, 0.717) is 0 Å². The molecule has 2 heteroatoms. The van der Waals surface area contributed by atoms with Crippen molar-refractivity contribution >= 4 is 42.7 Å². The van der Waals surface area contributed by atoms with Crippen molar-refractivity contribution in [1.29, 1.82) is 0 Å². The molecule has 0 aromatic carbocycles. The van der Waals surface area contributed by atoms with E-state index in [4.69, 9.17) is 0 Å². The predicted octanol–water partition coefficient (Wildman–Crippen LogP) is 0.195. The second kappa shape index (κ2) is 4.86. The second-order valence-corrected chi connectivity index (χ2v) is 3.58. The van der Waals surface area contributed by atoms with Crippen LogP contribution in [0.2, 0.25) is 0 Å². The second-order valence-electron chi connectivity index (χ2n) is 1.02. The van der Waals surface area contributed by atoms with Crippen LogP contribution in [0.4, 0.5) is 0 Å². The SMILES string of the molecule is C1=C[CH]=[Sb][CH]=C1.[Ge]. The van der Waals surface area contributed by atoms with E-state index < -0.39 is 0 Å². The maximum absolute atomic E-state index is 2.28. The van der Waals surface area contributed by atoms with Gasteiger partial charge in [0.25, 0.3) is 0 Å². The molecule has 0 N–H and O–H groups in total. The quantitative estimate of drug-likeness (QED) is 0.545. The molecule has 0 atom stereocenters. The first-order valence-corrected chi connectivity index (χ1v) is 4.80. The first-order chi connectivity index (χ1) is 3.00. The monoisotopic (exact) mass is 260 g/mol. The van der Waals surface area contributed by atoms with Crippen LogP contribution in [-0.4, -0.2) is 42.7 Å². The molecule has 4 radical (unpaired) electrons. The molecule has 0 unspecified atom stereocenters. The Bertz CT molecular complexity index is 77.5. The summed E-state index contributed by atoms with van der Waals surface area (Å²) < 4.78 is 4.55. The van der Waals surface area contributed by atoms with Gasteiger partial charge in [0, 0.05) is 17.6 Å². The smallest absolute Gasteiger partial charge is 0 e. The van der Waals surface area contributed by atoms with E-state index in [2.05, 4.69) is 26.2 Å². The Balaban J connectivity index is 0.000000360. The molecule has 0 nitrogen and oxygen atoms in total. The Morgan fingerprint density at radius 2 is 1.86 bits per heavy atom. The molecule has 0 bridgehead atoms. The largest absolute Gasteiger partial charge is 0 e. The van der Waals surface area contributed by atoms with Crippen molar-refractivity contribution in [2.45, 2.75) is 0 Å². The summed E-state index contributed by atoms with van der Waals surface area (Å²) in [5.74, 6) is 0. The fraction of sp³-hybridized carbons (Fsp3) is 0. The van der Waals surface area contributed by atoms with Crippen molar-refractivity contribution in [3.63, 3.8) is 0 Å². The van der Waals surface area contributed by atoms with Crippen molar-refractivity contribution in [2.24, 2.45) is 0 Å². The molecular formula is C5H5GeSb. The van der Waals surface area contributed by atoms with Gasteiger partial charge in [-0.25, -0.2) is 0 Å². The molecule has 1 rings (SSSR count). The van der Waals surface area contributed by atoms with Gasteiger partial charge in [-0.1, -0.05) is 0 Å². The van der Waals surface area contributed by atoms with Crippen LogP contribution in [0.15, 0.2) is 22.3 Å². The first-order valence-electron chi connectivity index (χ1n) is 1.85. The number of allylic oxidation sites excluding steroid dienone is 3. The van der Waals surface area contributed by atoms with Gasteiger partial charge >= 0.3 is 47.3 Å². The third-order valence-electron chi connectivity index (χ3n) is 0.566. The first kappa shape index (κ1) is 7.71. The molecule has 7 heavy (non-hydrogen) atoms. The van der Waals surface area contributed by atoms with Gasteiger partial charge in [-0.2, -0.15) is 0 Å². The maximum atomic E-state index is 2.28. The molecule has 34 valence electrons. The van der Waals surface area contributed by atoms with E-state index in [1.54, 1.807) is 0 Å². The molecule has 0 fully saturated rings. The molecular weight excluding hydrogens is 254 g/mol. The van der Waals surface area contributed by atoms with Crippen LogP contribution in [0, 0.1) is 0 Å². The molecule has 0 amide bonds. The third-order valence-corrected chi connectivity index (χ3v) is 2.53. The molecule has 1 heterocycles. The van der Waals surface area contributed by atoms with Gasteiger partial charge < -0.3 is 0 Å². The summed E-state index contributed by atoms with van der Waals surface area (Å²) in [6, 6.07) is 0. The molecule has 0 aromatic heterocycles. The Morgan fingerprint density at radius 1 is 1.00 bits per heavy atom. The van der Waals surface area contributed by atoms with E-state index >= 15 is 0 Å². The molecule has 1 aliphatic rings. The third kappa shape index (κ3) is 3.31. The summed E-state index contributed by atoms with van der Waals surface area (Å²) >= 11 is 0.0368. The van der Waals surface area contributed by atoms with Gasteiger partial charge in [-0.05, 0) is 0 Å². The van der Waals surface area contributed by atoms with Crippen molar-refractivity contribution in [1.82, 2.24) is 0 Å². The Hall–Kier alpha value is 0.711. The van der Waals surface area contributed by atoms with Gasteiger partial charge in [-0.3, -0.25) is 0 Å². The fourth-order valence-corrected chi connectivity index (χ4v) is 1.73. The predicted molar refractivity (Wildman–Crippen MR) is 35.9 cm³/mol. The topological polar surface area (TPSA) is 0 Å². The normalized spacial score (nSPS) is 13.7. The summed E-state index contributed by atoms with van der Waals surface area (Å²) in [4.78, 5) is 0. The average molecular weight is 259 g/mol. The fourth-order valence-electron chi connectivity index (χ4n) is 0.313. The average Bonchev–Trinajstić information content (AvgIpc) is 1.72. The molecule has 0 spiro atoms. The molecule has 0 saturated heterocycles. The molecule has 0 aliphatic carbocycles. The summed E-state index contributed by atoms with van der Waals surface area (Å²) in [7, 11) is 0. The zero-order valence-corrected chi connectivity index (χ0v) is 8.48. The minimum Gasteiger partial charge on any atom is 0 e. The van der Waals surface area contributed by atoms with Crippen molar-refractivity contribution in [3.05, 3.63) is 22.3 Å². The van der Waals surface area contributed by atoms with Gasteiger partial charge in [-0.15, -0.1) is 0 Å². The van der Waals surface area contributed by atoms with Gasteiger partial charge in [0.15, 0.2) is 0 Å². The summed E-state index contributed by atoms with van der Waals surface area (Å²) in [5, 5.41) is 0. The minimum absolute atomic E-state index is 0. The van der Waals surface area contributed by atoms with Gasteiger partial charge in [0.2, 0.25) is 0 Å². The van der Waals surface area contributed by atoms with E-state index in [1.807, 2.05) is 0 Å². The van der Waals surface area contributed by atoms with Crippen molar-refractivity contribution in [2.75, 3.05) is 0 Å². The van der Waals surface area contributed by atoms with Crippen LogP contribution in [0.25, 0.3) is 0 Å². The van der Waals surface area contributed by atoms with Crippen LogP contribution < -0.4 is 0 Å². The van der Waals surface area contributed by atoms with Crippen molar-refractivity contribution < 1.29 is 0 Å². The van der Waals surface area contributed by atoms with Crippen LogP contribution in [0.5, 0.6) is 0 Å². The van der Waals surface area contributed by atoms with Crippen LogP contribution in [-0.2, 0) is 0 Å². The Labute approximate surface area is 64.7 Å². The maximum Gasteiger partial charge on any atom is 0 e. The molecule has 0 saturated carbocycles. The molecule has 0 aromatic rings. The zero-order chi connectivity index (χ0) is 4.24. The molecule has 1 aliphatic heterocycles. The van der Waals surface area contributed by atoms with Gasteiger partial charge in [0.1, 0.15) is 0 Å². The zero-order valence-electron chi connectivity index (χ0n) is 3.83. The van der Waals surface area contributed by atoms with E-state index in [-0.39, 0.29) is 38.7 Å². The van der Waals surface area contributed by atoms with Crippen molar-refractivity contribution in [3.8, 4) is 0 Å². The summed E-state index contributed by atoms with van der Waals surface area (Å²) in [6.45, 7) is 0. The summed E-state index contributed by atoms with van der Waals surface area (Å²) in [6.07, 6.45) is 6.31. The van der Waals surface area contributed by atoms with E-state index in [0.717, 1.165) is 0 Å². The Kier molecular flexibility index (Phi) is 5.35. The van der Waals surface area contributed by atoms with Crippen LogP contribution in [0.1, 0.15) is 0 Å². The van der Waals surface area contributed by atoms with E-state index in [9.17, 15) is 0 Å². The van der Waals surface area contributed by atoms with Crippen LogP contribution in [0.3, 0.4) is 0 Å². The van der Waals surface area contributed by atoms with E-state index in [1.165, 1.54) is 0 Å². The van der Waals surface area contributed by atoms with Gasteiger partial charge in [0.05, 0.1) is 0 Å². The number of hydrogen-bond donors (Lipinski definition) is 0. The Morgan fingerprint density at radius 3 is 2.00 bits per heavy atom. The standard InChI is InChI=1S/C5H5.Ge.Sb/c1-3-5-4-2;;/h1-5H;;. The number of hydrogen-bond acceptors (Lipinski definition) is 0. The minimum atomic E-state index is 0. The summed E-state index contributed by atoms with van der Waals surface area (Å²) in [5.41, 5.74) is 0. The number of rotatable bonds is 0. The van der Waals surface area contributed by atoms with Crippen LogP contribution >= 0.6 is 0 Å².